The molecule has 2 amide bonds. The molecule has 1 aromatic rings. The van der Waals surface area contributed by atoms with Crippen molar-refractivity contribution >= 4 is 11.8 Å². The lowest BCUT2D eigenvalue weighted by Gasteiger charge is -2.15. The largest absolute Gasteiger partial charge is 0.454 e. The molecule has 1 N–H and O–H groups in total. The van der Waals surface area contributed by atoms with Crippen LogP contribution in [0.4, 0.5) is 0 Å². The topological polar surface area (TPSA) is 67.9 Å². The summed E-state index contributed by atoms with van der Waals surface area (Å²) in [5.74, 6) is 1.45. The Morgan fingerprint density at radius 3 is 2.91 bits per heavy atom. The summed E-state index contributed by atoms with van der Waals surface area (Å²) in [4.78, 5) is 26.0. The summed E-state index contributed by atoms with van der Waals surface area (Å²) in [6.07, 6.45) is 3.26. The number of carbonyl (C=O) groups is 2. The van der Waals surface area contributed by atoms with Crippen LogP contribution < -0.4 is 14.8 Å². The first-order chi connectivity index (χ1) is 11.2. The number of hydrogen-bond donors (Lipinski definition) is 1. The Balaban J connectivity index is 1.26. The van der Waals surface area contributed by atoms with Gasteiger partial charge in [-0.2, -0.15) is 0 Å². The van der Waals surface area contributed by atoms with Crippen molar-refractivity contribution in [3.63, 3.8) is 0 Å². The molecule has 1 saturated carbocycles. The van der Waals surface area contributed by atoms with Crippen molar-refractivity contribution in [3.05, 3.63) is 23.8 Å². The van der Waals surface area contributed by atoms with E-state index in [1.807, 2.05) is 23.1 Å². The van der Waals surface area contributed by atoms with Gasteiger partial charge in [0.1, 0.15) is 0 Å². The van der Waals surface area contributed by atoms with Gasteiger partial charge < -0.3 is 19.7 Å². The van der Waals surface area contributed by atoms with Gasteiger partial charge in [-0.1, -0.05) is 6.07 Å². The molecule has 122 valence electrons. The summed E-state index contributed by atoms with van der Waals surface area (Å²) in [5.41, 5.74) is 1.09. The van der Waals surface area contributed by atoms with Gasteiger partial charge in [0, 0.05) is 25.6 Å². The Morgan fingerprint density at radius 1 is 1.26 bits per heavy atom. The first-order valence-corrected chi connectivity index (χ1v) is 8.16. The Hall–Kier alpha value is -2.24. The van der Waals surface area contributed by atoms with Crippen LogP contribution in [0.25, 0.3) is 0 Å². The van der Waals surface area contributed by atoms with Gasteiger partial charge in [0.25, 0.3) is 0 Å². The molecule has 1 aromatic carbocycles. The number of ether oxygens (including phenoxy) is 2. The smallest absolute Gasteiger partial charge is 0.231 e. The van der Waals surface area contributed by atoms with Gasteiger partial charge in [-0.3, -0.25) is 9.59 Å². The highest BCUT2D eigenvalue weighted by Gasteiger charge is 2.41. The van der Waals surface area contributed by atoms with Crippen molar-refractivity contribution in [3.8, 4) is 11.5 Å². The van der Waals surface area contributed by atoms with Crippen molar-refractivity contribution in [2.75, 3.05) is 19.9 Å². The molecule has 3 aliphatic rings. The van der Waals surface area contributed by atoms with Gasteiger partial charge in [-0.05, 0) is 37.0 Å². The zero-order chi connectivity index (χ0) is 15.8. The van der Waals surface area contributed by atoms with Crippen molar-refractivity contribution in [2.24, 2.45) is 5.92 Å². The van der Waals surface area contributed by atoms with E-state index in [0.717, 1.165) is 36.3 Å². The fraction of sp³-hybridized carbons (Fsp3) is 0.529. The van der Waals surface area contributed by atoms with Crippen LogP contribution in [0.2, 0.25) is 0 Å². The Labute approximate surface area is 134 Å². The van der Waals surface area contributed by atoms with Crippen LogP contribution in [0.15, 0.2) is 18.2 Å². The third kappa shape index (κ3) is 2.98. The van der Waals surface area contributed by atoms with Crippen molar-refractivity contribution in [1.82, 2.24) is 10.2 Å². The first-order valence-electron chi connectivity index (χ1n) is 8.16. The highest BCUT2D eigenvalue weighted by Crippen LogP contribution is 2.33. The number of nitrogens with one attached hydrogen (secondary N) is 1. The van der Waals surface area contributed by atoms with Crippen LogP contribution in [0, 0.1) is 5.92 Å². The second kappa shape index (κ2) is 5.76. The summed E-state index contributed by atoms with van der Waals surface area (Å²) < 4.78 is 10.6. The van der Waals surface area contributed by atoms with Gasteiger partial charge in [0.15, 0.2) is 11.5 Å². The standard InChI is InChI=1S/C17H20N2O4/c20-16-8-12(9-19(16)13-2-3-13)17(21)18-6-5-11-1-4-14-15(7-11)23-10-22-14/h1,4,7,12-13H,2-3,5-6,8-10H2,(H,18,21)/t12-/m1/s1. The molecule has 4 rings (SSSR count). The maximum atomic E-state index is 12.2. The number of rotatable bonds is 5. The number of fused-ring (bicyclic) bond motifs is 1. The van der Waals surface area contributed by atoms with Crippen molar-refractivity contribution < 1.29 is 19.1 Å². The summed E-state index contributed by atoms with van der Waals surface area (Å²) in [6, 6.07) is 6.22. The predicted octanol–water partition coefficient (Wildman–Crippen LogP) is 1.08. The Kier molecular flexibility index (Phi) is 3.59. The summed E-state index contributed by atoms with van der Waals surface area (Å²) in [6.45, 7) is 1.41. The molecule has 0 bridgehead atoms. The molecule has 0 spiro atoms. The maximum absolute atomic E-state index is 12.2. The van der Waals surface area contributed by atoms with Crippen molar-refractivity contribution in [2.45, 2.75) is 31.7 Å². The minimum Gasteiger partial charge on any atom is -0.454 e. The number of nitrogens with zero attached hydrogens (tertiary/aromatic N) is 1. The van der Waals surface area contributed by atoms with Gasteiger partial charge in [0.2, 0.25) is 18.6 Å². The first kappa shape index (κ1) is 14.4. The molecule has 2 aliphatic heterocycles. The molecular formula is C17H20N2O4. The number of hydrogen-bond acceptors (Lipinski definition) is 4. The van der Waals surface area contributed by atoms with Gasteiger partial charge in [-0.15, -0.1) is 0 Å². The van der Waals surface area contributed by atoms with E-state index >= 15 is 0 Å². The van der Waals surface area contributed by atoms with E-state index in [-0.39, 0.29) is 24.5 Å². The third-order valence-corrected chi connectivity index (χ3v) is 4.67. The fourth-order valence-corrected chi connectivity index (χ4v) is 3.22. The molecule has 23 heavy (non-hydrogen) atoms. The van der Waals surface area contributed by atoms with Gasteiger partial charge >= 0.3 is 0 Å². The average Bonchev–Trinajstić information content (AvgIpc) is 3.14. The number of carbonyl (C=O) groups excluding carboxylic acids is 2. The zero-order valence-corrected chi connectivity index (χ0v) is 12.9. The molecule has 0 radical (unpaired) electrons. The normalized spacial score (nSPS) is 22.5. The highest BCUT2D eigenvalue weighted by molar-refractivity contribution is 5.89. The monoisotopic (exact) mass is 316 g/mol. The van der Waals surface area contributed by atoms with E-state index in [0.29, 0.717) is 25.6 Å². The SMILES string of the molecule is O=C(NCCc1ccc2c(c1)OCO2)[C@@H]1CC(=O)N(C2CC2)C1. The molecule has 6 nitrogen and oxygen atoms in total. The van der Waals surface area contributed by atoms with E-state index in [1.165, 1.54) is 0 Å². The van der Waals surface area contributed by atoms with Crippen LogP contribution in [0.1, 0.15) is 24.8 Å². The predicted molar refractivity (Wildman–Crippen MR) is 82.1 cm³/mol. The average molecular weight is 316 g/mol. The van der Waals surface area contributed by atoms with E-state index in [2.05, 4.69) is 5.32 Å². The van der Waals surface area contributed by atoms with Crippen LogP contribution in [0.3, 0.4) is 0 Å². The van der Waals surface area contributed by atoms with E-state index in [4.69, 9.17) is 9.47 Å². The van der Waals surface area contributed by atoms with E-state index in [1.54, 1.807) is 0 Å². The number of benzene rings is 1. The van der Waals surface area contributed by atoms with Crippen LogP contribution in [-0.4, -0.2) is 42.6 Å². The molecule has 0 aromatic heterocycles. The molecule has 1 atom stereocenters. The molecule has 1 aliphatic carbocycles. The Bertz CT molecular complexity index is 641. The summed E-state index contributed by atoms with van der Waals surface area (Å²) in [7, 11) is 0. The van der Waals surface area contributed by atoms with Crippen molar-refractivity contribution in [1.29, 1.82) is 0 Å². The summed E-state index contributed by atoms with van der Waals surface area (Å²) >= 11 is 0. The molecule has 2 heterocycles. The van der Waals surface area contributed by atoms with E-state index < -0.39 is 0 Å². The molecular weight excluding hydrogens is 296 g/mol. The minimum absolute atomic E-state index is 0.0118. The molecule has 2 fully saturated rings. The zero-order valence-electron chi connectivity index (χ0n) is 12.9. The van der Waals surface area contributed by atoms with Gasteiger partial charge in [-0.25, -0.2) is 0 Å². The number of likely N-dealkylation sites (tertiary alicyclic amines) is 1. The van der Waals surface area contributed by atoms with Gasteiger partial charge in [0.05, 0.1) is 5.92 Å². The quantitative estimate of drug-likeness (QED) is 0.883. The molecule has 1 saturated heterocycles. The minimum atomic E-state index is -0.195. The highest BCUT2D eigenvalue weighted by atomic mass is 16.7. The maximum Gasteiger partial charge on any atom is 0.231 e. The lowest BCUT2D eigenvalue weighted by molar-refractivity contribution is -0.129. The second-order valence-corrected chi connectivity index (χ2v) is 6.41. The van der Waals surface area contributed by atoms with Crippen LogP contribution in [0.5, 0.6) is 11.5 Å². The molecule has 0 unspecified atom stereocenters. The summed E-state index contributed by atoms with van der Waals surface area (Å²) in [5, 5.41) is 2.95. The van der Waals surface area contributed by atoms with E-state index in [9.17, 15) is 9.59 Å². The lowest BCUT2D eigenvalue weighted by atomic mass is 10.1. The van der Waals surface area contributed by atoms with Crippen LogP contribution in [-0.2, 0) is 16.0 Å². The number of amides is 2. The molecule has 6 heteroatoms. The second-order valence-electron chi connectivity index (χ2n) is 6.41. The third-order valence-electron chi connectivity index (χ3n) is 4.67. The fourth-order valence-electron chi connectivity index (χ4n) is 3.22. The van der Waals surface area contributed by atoms with Crippen LogP contribution >= 0.6 is 0 Å². The lowest BCUT2D eigenvalue weighted by Crippen LogP contribution is -2.34. The Morgan fingerprint density at radius 2 is 2.09 bits per heavy atom.